The van der Waals surface area contributed by atoms with Crippen molar-refractivity contribution in [2.75, 3.05) is 11.6 Å². The Morgan fingerprint density at radius 3 is 1.86 bits per heavy atom. The average molecular weight is 475 g/mol. The Morgan fingerprint density at radius 2 is 1.25 bits per heavy atom. The molecular weight excluding hydrogens is 448 g/mol. The van der Waals surface area contributed by atoms with Crippen LogP contribution in [0.15, 0.2) is 120 Å². The topological polar surface area (TPSA) is 65.0 Å². The minimum atomic E-state index is -0.360. The fourth-order valence-electron chi connectivity index (χ4n) is 4.31. The molecule has 6 nitrogen and oxygen atoms in total. The van der Waals surface area contributed by atoms with Crippen LogP contribution >= 0.6 is 0 Å². The summed E-state index contributed by atoms with van der Waals surface area (Å²) in [5, 5.41) is 4.25. The summed E-state index contributed by atoms with van der Waals surface area (Å²) in [5.74, 6) is -0.600. The number of carbonyl (C=O) groups excluding carboxylic acids is 2. The van der Waals surface area contributed by atoms with Crippen LogP contribution < -0.4 is 10.3 Å². The summed E-state index contributed by atoms with van der Waals surface area (Å²) in [7, 11) is 0. The molecule has 6 heteroatoms. The van der Waals surface area contributed by atoms with Gasteiger partial charge in [0.1, 0.15) is 0 Å². The van der Waals surface area contributed by atoms with E-state index in [9.17, 15) is 9.59 Å². The summed E-state index contributed by atoms with van der Waals surface area (Å²) in [6, 6.07) is 36.8. The lowest BCUT2D eigenvalue weighted by molar-refractivity contribution is -0.112. The van der Waals surface area contributed by atoms with Gasteiger partial charge in [-0.1, -0.05) is 97.1 Å². The molecule has 0 bridgehead atoms. The minimum Gasteiger partial charge on any atom is -0.293 e. The van der Waals surface area contributed by atoms with Crippen molar-refractivity contribution in [3.05, 3.63) is 138 Å². The Kier molecular flexibility index (Phi) is 6.96. The van der Waals surface area contributed by atoms with Crippen LogP contribution in [0.1, 0.15) is 27.0 Å². The summed E-state index contributed by atoms with van der Waals surface area (Å²) in [6.45, 7) is 1.74. The van der Waals surface area contributed by atoms with Gasteiger partial charge in [0.25, 0.3) is 11.8 Å². The maximum absolute atomic E-state index is 13.6. The highest BCUT2D eigenvalue weighted by molar-refractivity contribution is 6.54. The van der Waals surface area contributed by atoms with E-state index in [1.807, 2.05) is 66.7 Å². The number of nitrogens with zero attached hydrogens (tertiary/aromatic N) is 3. The summed E-state index contributed by atoms with van der Waals surface area (Å²) in [4.78, 5) is 30.1. The third-order valence-electron chi connectivity index (χ3n) is 6.04. The first-order valence-electron chi connectivity index (χ1n) is 11.8. The Morgan fingerprint density at radius 1 is 0.722 bits per heavy atom. The van der Waals surface area contributed by atoms with Gasteiger partial charge in [-0.3, -0.25) is 19.4 Å². The van der Waals surface area contributed by atoms with Gasteiger partial charge in [0, 0.05) is 24.2 Å². The second-order valence-electron chi connectivity index (χ2n) is 8.62. The van der Waals surface area contributed by atoms with Crippen LogP contribution in [0.2, 0.25) is 0 Å². The molecule has 36 heavy (non-hydrogen) atoms. The van der Waals surface area contributed by atoms with Crippen LogP contribution in [-0.2, 0) is 17.9 Å². The van der Waals surface area contributed by atoms with Crippen molar-refractivity contribution in [1.82, 2.24) is 10.3 Å². The van der Waals surface area contributed by atoms with Crippen molar-refractivity contribution < 1.29 is 9.59 Å². The maximum Gasteiger partial charge on any atom is 0.280 e. The van der Waals surface area contributed by atoms with Gasteiger partial charge in [0.2, 0.25) is 0 Å². The third kappa shape index (κ3) is 5.24. The number of para-hydroxylation sites is 1. The molecule has 0 spiro atoms. The smallest absolute Gasteiger partial charge is 0.280 e. The van der Waals surface area contributed by atoms with Gasteiger partial charge in [0.05, 0.1) is 12.4 Å². The molecular formula is C30H26N4O2. The summed E-state index contributed by atoms with van der Waals surface area (Å²) in [5.41, 5.74) is 7.08. The Hall–Kier alpha value is -4.55. The quantitative estimate of drug-likeness (QED) is 0.372. The number of hydrogen-bond donors (Lipinski definition) is 1. The largest absolute Gasteiger partial charge is 0.293 e. The molecule has 178 valence electrons. The number of carbonyl (C=O) groups is 2. The monoisotopic (exact) mass is 474 g/mol. The molecule has 4 aromatic carbocycles. The number of amides is 2. The molecule has 4 aromatic rings. The van der Waals surface area contributed by atoms with E-state index in [2.05, 4.69) is 39.7 Å². The van der Waals surface area contributed by atoms with Crippen LogP contribution in [0.5, 0.6) is 0 Å². The van der Waals surface area contributed by atoms with Crippen molar-refractivity contribution >= 4 is 23.2 Å². The SMILES string of the molecule is O=C(N/N=C1/C(=O)N(CN(Cc2ccccc2)Cc2ccccc2)c2ccccc21)c1ccccc1. The second-order valence-corrected chi connectivity index (χ2v) is 8.62. The van der Waals surface area contributed by atoms with Gasteiger partial charge >= 0.3 is 0 Å². The lowest BCUT2D eigenvalue weighted by Crippen LogP contribution is -2.41. The van der Waals surface area contributed by atoms with E-state index in [0.717, 1.165) is 16.8 Å². The zero-order valence-electron chi connectivity index (χ0n) is 19.7. The molecule has 1 aliphatic rings. The highest BCUT2D eigenvalue weighted by Gasteiger charge is 2.35. The number of benzene rings is 4. The van der Waals surface area contributed by atoms with E-state index in [4.69, 9.17) is 0 Å². The molecule has 1 aliphatic heterocycles. The molecule has 1 heterocycles. The van der Waals surface area contributed by atoms with Gasteiger partial charge in [-0.2, -0.15) is 5.10 Å². The molecule has 5 rings (SSSR count). The van der Waals surface area contributed by atoms with Crippen molar-refractivity contribution in [1.29, 1.82) is 0 Å². The van der Waals surface area contributed by atoms with E-state index in [1.54, 1.807) is 29.2 Å². The van der Waals surface area contributed by atoms with Crippen molar-refractivity contribution in [2.45, 2.75) is 13.1 Å². The van der Waals surface area contributed by atoms with Gasteiger partial charge in [0.15, 0.2) is 5.71 Å². The predicted octanol–water partition coefficient (Wildman–Crippen LogP) is 4.83. The fourth-order valence-corrected chi connectivity index (χ4v) is 4.31. The standard InChI is InChI=1S/C30H26N4O2/c35-29(25-16-8-3-9-17-25)32-31-28-26-18-10-11-19-27(26)34(30(28)36)22-33(20-23-12-4-1-5-13-23)21-24-14-6-2-7-15-24/h1-19H,20-22H2,(H,32,35)/b31-28+. The zero-order valence-corrected chi connectivity index (χ0v) is 19.7. The lowest BCUT2D eigenvalue weighted by Gasteiger charge is -2.28. The van der Waals surface area contributed by atoms with Gasteiger partial charge < -0.3 is 0 Å². The van der Waals surface area contributed by atoms with Crippen LogP contribution in [0.3, 0.4) is 0 Å². The highest BCUT2D eigenvalue weighted by atomic mass is 16.2. The first-order valence-corrected chi connectivity index (χ1v) is 11.8. The maximum atomic E-state index is 13.6. The summed E-state index contributed by atoms with van der Waals surface area (Å²) >= 11 is 0. The zero-order chi connectivity index (χ0) is 24.7. The first-order chi connectivity index (χ1) is 17.7. The summed E-state index contributed by atoms with van der Waals surface area (Å²) in [6.07, 6.45) is 0. The third-order valence-corrected chi connectivity index (χ3v) is 6.04. The molecule has 1 N–H and O–H groups in total. The number of hydrazone groups is 1. The minimum absolute atomic E-state index is 0.231. The van der Waals surface area contributed by atoms with E-state index >= 15 is 0 Å². The van der Waals surface area contributed by atoms with Gasteiger partial charge in [-0.05, 0) is 29.3 Å². The molecule has 0 radical (unpaired) electrons. The molecule has 2 amide bonds. The molecule has 0 saturated carbocycles. The highest BCUT2D eigenvalue weighted by Crippen LogP contribution is 2.29. The van der Waals surface area contributed by atoms with Crippen LogP contribution in [0, 0.1) is 0 Å². The van der Waals surface area contributed by atoms with Gasteiger partial charge in [-0.25, -0.2) is 5.43 Å². The molecule has 0 aromatic heterocycles. The molecule has 0 atom stereocenters. The number of anilines is 1. The van der Waals surface area contributed by atoms with E-state index < -0.39 is 0 Å². The Bertz CT molecular complexity index is 1330. The normalized spacial score (nSPS) is 13.8. The van der Waals surface area contributed by atoms with Crippen LogP contribution in [0.4, 0.5) is 5.69 Å². The second kappa shape index (κ2) is 10.8. The van der Waals surface area contributed by atoms with Crippen LogP contribution in [-0.4, -0.2) is 29.1 Å². The van der Waals surface area contributed by atoms with Gasteiger partial charge in [-0.15, -0.1) is 0 Å². The first kappa shape index (κ1) is 23.2. The van der Waals surface area contributed by atoms with Crippen molar-refractivity contribution in [3.63, 3.8) is 0 Å². The van der Waals surface area contributed by atoms with E-state index in [0.29, 0.717) is 30.9 Å². The number of hydrogen-bond acceptors (Lipinski definition) is 4. The van der Waals surface area contributed by atoms with E-state index in [1.165, 1.54) is 0 Å². The Labute approximate surface area is 210 Å². The van der Waals surface area contributed by atoms with Crippen LogP contribution in [0.25, 0.3) is 0 Å². The molecule has 0 unspecified atom stereocenters. The summed E-state index contributed by atoms with van der Waals surface area (Å²) < 4.78 is 0. The lowest BCUT2D eigenvalue weighted by atomic mass is 10.1. The number of fused-ring (bicyclic) bond motifs is 1. The molecule has 0 fully saturated rings. The van der Waals surface area contributed by atoms with Crippen molar-refractivity contribution in [2.24, 2.45) is 5.10 Å². The molecule has 0 saturated heterocycles. The van der Waals surface area contributed by atoms with E-state index in [-0.39, 0.29) is 17.5 Å². The molecule has 0 aliphatic carbocycles. The van der Waals surface area contributed by atoms with Crippen molar-refractivity contribution in [3.8, 4) is 0 Å². The fraction of sp³-hybridized carbons (Fsp3) is 0.100. The number of nitrogens with one attached hydrogen (secondary N) is 1. The predicted molar refractivity (Wildman–Crippen MR) is 141 cm³/mol. The average Bonchev–Trinajstić information content (AvgIpc) is 3.19. The number of rotatable bonds is 8. The Balaban J connectivity index is 1.40.